The lowest BCUT2D eigenvalue weighted by atomic mass is 10.0. The van der Waals surface area contributed by atoms with E-state index in [1.54, 1.807) is 6.20 Å². The zero-order chi connectivity index (χ0) is 9.97. The minimum atomic E-state index is -0.0727. The number of nitrogens with one attached hydrogen (secondary N) is 2. The first-order valence-corrected chi connectivity index (χ1v) is 4.72. The Morgan fingerprint density at radius 3 is 3.29 bits per heavy atom. The van der Waals surface area contributed by atoms with E-state index < -0.39 is 0 Å². The number of nitrogens with zero attached hydrogens (tertiary/aromatic N) is 1. The van der Waals surface area contributed by atoms with Gasteiger partial charge in [0.25, 0.3) is 0 Å². The van der Waals surface area contributed by atoms with Crippen LogP contribution >= 0.6 is 0 Å². The monoisotopic (exact) mass is 191 g/mol. The van der Waals surface area contributed by atoms with Crippen molar-refractivity contribution in [1.29, 1.82) is 0 Å². The Labute approximate surface area is 82.7 Å². The number of pyridine rings is 1. The molecule has 74 valence electrons. The number of hydrogen-bond donors (Lipinski definition) is 2. The number of hydrogen-bond acceptors (Lipinski definition) is 3. The Hall–Kier alpha value is -1.42. The average molecular weight is 191 g/mol. The van der Waals surface area contributed by atoms with E-state index in [2.05, 4.69) is 15.6 Å². The lowest BCUT2D eigenvalue weighted by Gasteiger charge is -2.19. The second-order valence-electron chi connectivity index (χ2n) is 3.41. The third-order valence-corrected chi connectivity index (χ3v) is 2.32. The maximum atomic E-state index is 10.9. The molecule has 2 heterocycles. The normalized spacial score (nSPS) is 14.6. The molecule has 0 fully saturated rings. The van der Waals surface area contributed by atoms with Crippen LogP contribution < -0.4 is 10.6 Å². The molecule has 1 aliphatic heterocycles. The van der Waals surface area contributed by atoms with Crippen molar-refractivity contribution >= 4 is 11.7 Å². The predicted octanol–water partition coefficient (Wildman–Crippen LogP) is 0.686. The number of carbonyl (C=O) groups is 1. The van der Waals surface area contributed by atoms with Crippen molar-refractivity contribution in [1.82, 2.24) is 10.3 Å². The fourth-order valence-electron chi connectivity index (χ4n) is 1.67. The van der Waals surface area contributed by atoms with Gasteiger partial charge in [0.2, 0.25) is 5.91 Å². The van der Waals surface area contributed by atoms with E-state index in [-0.39, 0.29) is 5.91 Å². The van der Waals surface area contributed by atoms with Gasteiger partial charge in [0, 0.05) is 25.2 Å². The van der Waals surface area contributed by atoms with Gasteiger partial charge in [-0.15, -0.1) is 0 Å². The number of aromatic nitrogens is 1. The maximum Gasteiger partial charge on any atom is 0.222 e. The van der Waals surface area contributed by atoms with Gasteiger partial charge in [-0.2, -0.15) is 0 Å². The van der Waals surface area contributed by atoms with E-state index >= 15 is 0 Å². The summed E-state index contributed by atoms with van der Waals surface area (Å²) in [6.45, 7) is 3.28. The van der Waals surface area contributed by atoms with Gasteiger partial charge in [-0.05, 0) is 24.6 Å². The summed E-state index contributed by atoms with van der Waals surface area (Å²) in [5.74, 6) is 0.624. The van der Waals surface area contributed by atoms with Crippen molar-refractivity contribution in [2.45, 2.75) is 19.9 Å². The smallest absolute Gasteiger partial charge is 0.222 e. The first-order valence-electron chi connectivity index (χ1n) is 4.72. The molecule has 0 bridgehead atoms. The van der Waals surface area contributed by atoms with Crippen LogP contribution in [0.4, 0.5) is 5.82 Å². The van der Waals surface area contributed by atoms with Crippen molar-refractivity contribution in [2.24, 2.45) is 0 Å². The summed E-state index contributed by atoms with van der Waals surface area (Å²) >= 11 is 0. The fourth-order valence-corrected chi connectivity index (χ4v) is 1.67. The number of fused-ring (bicyclic) bond motifs is 1. The number of rotatable bonds is 1. The standard InChI is InChI=1S/C10H13N3O/c1-7(14)13-10-9-6-11-4-2-8(9)3-5-12-10/h3,5,11H,2,4,6H2,1H3,(H,12,13,14). The van der Waals surface area contributed by atoms with Crippen LogP contribution in [0.15, 0.2) is 12.3 Å². The summed E-state index contributed by atoms with van der Waals surface area (Å²) in [5.41, 5.74) is 2.40. The second-order valence-corrected chi connectivity index (χ2v) is 3.41. The highest BCUT2D eigenvalue weighted by molar-refractivity contribution is 5.88. The van der Waals surface area contributed by atoms with Gasteiger partial charge in [-0.25, -0.2) is 4.98 Å². The minimum absolute atomic E-state index is 0.0727. The summed E-state index contributed by atoms with van der Waals surface area (Å²) in [7, 11) is 0. The Morgan fingerprint density at radius 1 is 1.64 bits per heavy atom. The molecule has 0 spiro atoms. The molecular formula is C10H13N3O. The fraction of sp³-hybridized carbons (Fsp3) is 0.400. The summed E-state index contributed by atoms with van der Waals surface area (Å²) in [4.78, 5) is 15.1. The van der Waals surface area contributed by atoms with Crippen molar-refractivity contribution in [3.63, 3.8) is 0 Å². The van der Waals surface area contributed by atoms with Crippen LogP contribution in [0.5, 0.6) is 0 Å². The molecule has 1 amide bonds. The van der Waals surface area contributed by atoms with Crippen molar-refractivity contribution in [2.75, 3.05) is 11.9 Å². The van der Waals surface area contributed by atoms with E-state index in [9.17, 15) is 4.79 Å². The largest absolute Gasteiger partial charge is 0.312 e. The molecule has 0 saturated carbocycles. The van der Waals surface area contributed by atoms with Crippen LogP contribution in [-0.2, 0) is 17.8 Å². The summed E-state index contributed by atoms with van der Waals surface area (Å²) in [6, 6.07) is 2.02. The number of amides is 1. The Bertz CT molecular complexity index is 362. The number of carbonyl (C=O) groups excluding carboxylic acids is 1. The lowest BCUT2D eigenvalue weighted by molar-refractivity contribution is -0.114. The highest BCUT2D eigenvalue weighted by atomic mass is 16.1. The van der Waals surface area contributed by atoms with E-state index in [0.29, 0.717) is 5.82 Å². The molecule has 1 aromatic heterocycles. The quantitative estimate of drug-likeness (QED) is 0.686. The van der Waals surface area contributed by atoms with Crippen LogP contribution in [0.2, 0.25) is 0 Å². The average Bonchev–Trinajstić information content (AvgIpc) is 2.18. The molecule has 1 aliphatic rings. The third kappa shape index (κ3) is 1.75. The molecule has 2 rings (SSSR count). The molecule has 0 radical (unpaired) electrons. The second kappa shape index (κ2) is 3.75. The van der Waals surface area contributed by atoms with Crippen molar-refractivity contribution < 1.29 is 4.79 Å². The molecule has 1 aromatic rings. The maximum absolute atomic E-state index is 10.9. The Morgan fingerprint density at radius 2 is 2.50 bits per heavy atom. The van der Waals surface area contributed by atoms with Crippen molar-refractivity contribution in [3.8, 4) is 0 Å². The SMILES string of the molecule is CC(=O)Nc1nccc2c1CNCC2. The molecule has 14 heavy (non-hydrogen) atoms. The summed E-state index contributed by atoms with van der Waals surface area (Å²) < 4.78 is 0. The molecular weight excluding hydrogens is 178 g/mol. The summed E-state index contributed by atoms with van der Waals surface area (Å²) in [6.07, 6.45) is 2.75. The van der Waals surface area contributed by atoms with Crippen molar-refractivity contribution in [3.05, 3.63) is 23.4 Å². The van der Waals surface area contributed by atoms with Gasteiger partial charge < -0.3 is 10.6 Å². The van der Waals surface area contributed by atoms with Gasteiger partial charge in [-0.1, -0.05) is 0 Å². The van der Waals surface area contributed by atoms with Crippen LogP contribution in [0.3, 0.4) is 0 Å². The van der Waals surface area contributed by atoms with Gasteiger partial charge in [0.15, 0.2) is 0 Å². The predicted molar refractivity (Wildman–Crippen MR) is 54.0 cm³/mol. The first kappa shape index (κ1) is 9.15. The molecule has 0 aliphatic carbocycles. The minimum Gasteiger partial charge on any atom is -0.312 e. The van der Waals surface area contributed by atoms with Crippen LogP contribution in [0.25, 0.3) is 0 Å². The Kier molecular flexibility index (Phi) is 2.45. The van der Waals surface area contributed by atoms with Crippen LogP contribution in [0, 0.1) is 0 Å². The molecule has 2 N–H and O–H groups in total. The topological polar surface area (TPSA) is 54.0 Å². The lowest BCUT2D eigenvalue weighted by Crippen LogP contribution is -2.25. The van der Waals surface area contributed by atoms with Gasteiger partial charge in [0.05, 0.1) is 0 Å². The summed E-state index contributed by atoms with van der Waals surface area (Å²) in [5, 5.41) is 6.01. The highest BCUT2D eigenvalue weighted by Gasteiger charge is 2.13. The molecule has 0 unspecified atom stereocenters. The van der Waals surface area contributed by atoms with E-state index in [1.807, 2.05) is 6.07 Å². The van der Waals surface area contributed by atoms with E-state index in [1.165, 1.54) is 12.5 Å². The molecule has 4 heteroatoms. The van der Waals surface area contributed by atoms with Crippen LogP contribution in [-0.4, -0.2) is 17.4 Å². The Balaban J connectivity index is 2.35. The van der Waals surface area contributed by atoms with Crippen LogP contribution in [0.1, 0.15) is 18.1 Å². The molecule has 0 aromatic carbocycles. The van der Waals surface area contributed by atoms with Gasteiger partial charge in [0.1, 0.15) is 5.82 Å². The third-order valence-electron chi connectivity index (χ3n) is 2.32. The van der Waals surface area contributed by atoms with Gasteiger partial charge in [-0.3, -0.25) is 4.79 Å². The van der Waals surface area contributed by atoms with Gasteiger partial charge >= 0.3 is 0 Å². The molecule has 4 nitrogen and oxygen atoms in total. The zero-order valence-electron chi connectivity index (χ0n) is 8.13. The first-order chi connectivity index (χ1) is 6.77. The van der Waals surface area contributed by atoms with E-state index in [0.717, 1.165) is 25.1 Å². The number of anilines is 1. The molecule has 0 saturated heterocycles. The van der Waals surface area contributed by atoms with E-state index in [4.69, 9.17) is 0 Å². The zero-order valence-corrected chi connectivity index (χ0v) is 8.13. The highest BCUT2D eigenvalue weighted by Crippen LogP contribution is 2.20. The molecule has 0 atom stereocenters.